The molecule has 0 radical (unpaired) electrons. The molecule has 0 aliphatic rings. The predicted molar refractivity (Wildman–Crippen MR) is 99.6 cm³/mol. The fraction of sp³-hybridized carbons (Fsp3) is 0.222. The number of hydrogen-bond donors (Lipinski definition) is 1. The van der Waals surface area contributed by atoms with Crippen molar-refractivity contribution in [2.75, 3.05) is 0 Å². The first kappa shape index (κ1) is 16.5. The van der Waals surface area contributed by atoms with Crippen LogP contribution in [0.3, 0.4) is 0 Å². The minimum atomic E-state index is -0.960. The van der Waals surface area contributed by atoms with Crippen molar-refractivity contribution in [1.82, 2.24) is 24.4 Å². The molecule has 0 unspecified atom stereocenters. The van der Waals surface area contributed by atoms with Crippen molar-refractivity contribution in [3.63, 3.8) is 0 Å². The lowest BCUT2D eigenvalue weighted by atomic mass is 10.0. The van der Waals surface area contributed by atoms with Crippen LogP contribution in [0.2, 0.25) is 0 Å². The lowest BCUT2D eigenvalue weighted by molar-refractivity contribution is 0.0702. The maximum atomic E-state index is 11.1. The van der Waals surface area contributed by atoms with Crippen molar-refractivity contribution in [2.45, 2.75) is 27.3 Å². The minimum absolute atomic E-state index is 0.226. The van der Waals surface area contributed by atoms with Crippen LogP contribution in [0.4, 0.5) is 0 Å². The van der Waals surface area contributed by atoms with Gasteiger partial charge in [-0.2, -0.15) is 10.2 Å². The number of thiazole rings is 1. The molecule has 26 heavy (non-hydrogen) atoms. The zero-order chi connectivity index (χ0) is 18.4. The van der Waals surface area contributed by atoms with Gasteiger partial charge in [0, 0.05) is 35.1 Å². The molecule has 4 aromatic heterocycles. The van der Waals surface area contributed by atoms with Gasteiger partial charge >= 0.3 is 5.97 Å². The highest BCUT2D eigenvalue weighted by atomic mass is 32.1. The second-order valence-electron chi connectivity index (χ2n) is 6.00. The van der Waals surface area contributed by atoms with Crippen molar-refractivity contribution in [2.24, 2.45) is 0 Å². The summed E-state index contributed by atoms with van der Waals surface area (Å²) in [5.74, 6) is -0.960. The van der Waals surface area contributed by atoms with E-state index >= 15 is 0 Å². The number of nitrogens with zero attached hydrogens (tertiary/aromatic N) is 5. The number of fused-ring (bicyclic) bond motifs is 1. The lowest BCUT2D eigenvalue weighted by Gasteiger charge is -2.03. The lowest BCUT2D eigenvalue weighted by Crippen LogP contribution is -1.98. The summed E-state index contributed by atoms with van der Waals surface area (Å²) in [6.07, 6.45) is 5.11. The number of carboxylic acids is 1. The van der Waals surface area contributed by atoms with E-state index in [9.17, 15) is 4.79 Å². The van der Waals surface area contributed by atoms with E-state index in [0.29, 0.717) is 5.01 Å². The number of aromatic nitrogens is 5. The van der Waals surface area contributed by atoms with Crippen LogP contribution in [0.5, 0.6) is 0 Å². The molecular formula is C18H17N5O2S. The van der Waals surface area contributed by atoms with Gasteiger partial charge < -0.3 is 5.11 Å². The monoisotopic (exact) mass is 367 g/mol. The van der Waals surface area contributed by atoms with Crippen molar-refractivity contribution in [1.29, 1.82) is 0 Å². The van der Waals surface area contributed by atoms with Gasteiger partial charge in [0.1, 0.15) is 9.88 Å². The van der Waals surface area contributed by atoms with Crippen LogP contribution in [0, 0.1) is 13.8 Å². The summed E-state index contributed by atoms with van der Waals surface area (Å²) in [7, 11) is 0. The van der Waals surface area contributed by atoms with E-state index in [4.69, 9.17) is 5.11 Å². The van der Waals surface area contributed by atoms with Crippen LogP contribution < -0.4 is 0 Å². The highest BCUT2D eigenvalue weighted by molar-refractivity contribution is 7.16. The molecule has 0 saturated heterocycles. The highest BCUT2D eigenvalue weighted by Crippen LogP contribution is 2.33. The Balaban J connectivity index is 1.88. The van der Waals surface area contributed by atoms with Gasteiger partial charge in [-0.05, 0) is 32.9 Å². The molecule has 4 rings (SSSR count). The zero-order valence-corrected chi connectivity index (χ0v) is 15.4. The van der Waals surface area contributed by atoms with Crippen LogP contribution in [-0.2, 0) is 6.54 Å². The molecule has 0 spiro atoms. The van der Waals surface area contributed by atoms with E-state index in [1.165, 1.54) is 6.20 Å². The van der Waals surface area contributed by atoms with E-state index in [0.717, 1.165) is 51.5 Å². The third-order valence-electron chi connectivity index (χ3n) is 4.44. The highest BCUT2D eigenvalue weighted by Gasteiger charge is 2.18. The largest absolute Gasteiger partial charge is 0.477 e. The summed E-state index contributed by atoms with van der Waals surface area (Å²) in [5, 5.41) is 18.8. The quantitative estimate of drug-likeness (QED) is 0.595. The van der Waals surface area contributed by atoms with E-state index in [2.05, 4.69) is 29.0 Å². The first-order valence-electron chi connectivity index (χ1n) is 8.21. The second-order valence-corrected chi connectivity index (χ2v) is 7.03. The molecule has 0 fully saturated rings. The number of aromatic carboxylic acids is 1. The number of hydrogen-bond acceptors (Lipinski definition) is 5. The second kappa shape index (κ2) is 6.06. The Bertz CT molecular complexity index is 1140. The Kier molecular flexibility index (Phi) is 3.84. The third-order valence-corrected chi connectivity index (χ3v) is 5.47. The molecule has 0 amide bonds. The van der Waals surface area contributed by atoms with Crippen LogP contribution in [-0.4, -0.2) is 35.5 Å². The molecule has 132 valence electrons. The Labute approximate surface area is 153 Å². The van der Waals surface area contributed by atoms with Crippen molar-refractivity contribution >= 4 is 22.8 Å². The summed E-state index contributed by atoms with van der Waals surface area (Å²) in [6, 6.07) is 3.89. The van der Waals surface area contributed by atoms with Gasteiger partial charge in [0.2, 0.25) is 0 Å². The molecule has 0 aliphatic heterocycles. The minimum Gasteiger partial charge on any atom is -0.477 e. The van der Waals surface area contributed by atoms with Gasteiger partial charge in [-0.25, -0.2) is 14.3 Å². The maximum absolute atomic E-state index is 11.1. The smallest absolute Gasteiger partial charge is 0.347 e. The van der Waals surface area contributed by atoms with E-state index in [1.807, 2.05) is 40.6 Å². The molecule has 7 nitrogen and oxygen atoms in total. The first-order chi connectivity index (χ1) is 12.5. The summed E-state index contributed by atoms with van der Waals surface area (Å²) in [6.45, 7) is 6.95. The standard InChI is InChI=1S/C18H17N5O2S/c1-4-22-11(3)16(10(2)21-22)13-8-20-23-6-5-12(7-14(13)23)17-19-9-15(26-17)18(24)25/h5-9H,4H2,1-3H3,(H,24,25). The molecule has 1 N–H and O–H groups in total. The molecule has 8 heteroatoms. The number of aryl methyl sites for hydroxylation is 2. The van der Waals surface area contributed by atoms with Gasteiger partial charge in [0.25, 0.3) is 0 Å². The van der Waals surface area contributed by atoms with Gasteiger partial charge in [-0.15, -0.1) is 11.3 Å². The van der Waals surface area contributed by atoms with Gasteiger partial charge in [0.15, 0.2) is 0 Å². The van der Waals surface area contributed by atoms with Crippen LogP contribution >= 0.6 is 11.3 Å². The van der Waals surface area contributed by atoms with Crippen molar-refractivity contribution in [3.05, 3.63) is 47.0 Å². The fourth-order valence-electron chi connectivity index (χ4n) is 3.21. The van der Waals surface area contributed by atoms with E-state index in [-0.39, 0.29) is 4.88 Å². The van der Waals surface area contributed by atoms with E-state index < -0.39 is 5.97 Å². The molecule has 0 aliphatic carbocycles. The molecule has 0 atom stereocenters. The zero-order valence-electron chi connectivity index (χ0n) is 14.6. The molecule has 4 heterocycles. The Morgan fingerprint density at radius 2 is 2.12 bits per heavy atom. The molecule has 0 aromatic carbocycles. The summed E-state index contributed by atoms with van der Waals surface area (Å²) >= 11 is 1.16. The fourth-order valence-corrected chi connectivity index (χ4v) is 3.96. The van der Waals surface area contributed by atoms with Gasteiger partial charge in [-0.1, -0.05) is 0 Å². The Morgan fingerprint density at radius 3 is 2.77 bits per heavy atom. The number of pyridine rings is 1. The molecular weight excluding hydrogens is 350 g/mol. The Hall–Kier alpha value is -3.00. The Morgan fingerprint density at radius 1 is 1.31 bits per heavy atom. The van der Waals surface area contributed by atoms with Crippen molar-refractivity contribution in [3.8, 4) is 21.7 Å². The summed E-state index contributed by atoms with van der Waals surface area (Å²) in [5.41, 5.74) is 5.98. The topological polar surface area (TPSA) is 85.3 Å². The average Bonchev–Trinajstić information content (AvgIpc) is 3.32. The summed E-state index contributed by atoms with van der Waals surface area (Å²) in [4.78, 5) is 15.6. The van der Waals surface area contributed by atoms with E-state index in [1.54, 1.807) is 0 Å². The summed E-state index contributed by atoms with van der Waals surface area (Å²) < 4.78 is 3.80. The van der Waals surface area contributed by atoms with Gasteiger partial charge in [-0.3, -0.25) is 4.68 Å². The third kappa shape index (κ3) is 2.50. The maximum Gasteiger partial charge on any atom is 0.347 e. The van der Waals surface area contributed by atoms with Crippen LogP contribution in [0.15, 0.2) is 30.7 Å². The SMILES string of the molecule is CCn1nc(C)c(-c2cnn3ccc(-c4ncc(C(=O)O)s4)cc23)c1C. The van der Waals surface area contributed by atoms with Crippen LogP contribution in [0.1, 0.15) is 28.0 Å². The number of rotatable bonds is 4. The van der Waals surface area contributed by atoms with Crippen LogP contribution in [0.25, 0.3) is 27.2 Å². The predicted octanol–water partition coefficient (Wildman–Crippen LogP) is 3.66. The molecule has 0 bridgehead atoms. The average molecular weight is 367 g/mol. The first-order valence-corrected chi connectivity index (χ1v) is 9.02. The number of carbonyl (C=O) groups is 1. The molecule has 0 saturated carbocycles. The van der Waals surface area contributed by atoms with Crippen molar-refractivity contribution < 1.29 is 9.90 Å². The van der Waals surface area contributed by atoms with Gasteiger partial charge in [0.05, 0.1) is 23.6 Å². The number of carboxylic acid groups (broad SMARTS) is 1. The molecule has 4 aromatic rings. The normalized spacial score (nSPS) is 11.3.